The number of nitrogens with one attached hydrogen (secondary N) is 2. The van der Waals surface area contributed by atoms with Crippen LogP contribution in [0.25, 0.3) is 10.9 Å². The van der Waals surface area contributed by atoms with Crippen molar-refractivity contribution in [2.24, 2.45) is 15.6 Å². The van der Waals surface area contributed by atoms with Gasteiger partial charge >= 0.3 is 0 Å². The fourth-order valence-electron chi connectivity index (χ4n) is 4.75. The standard InChI is InChI=1S/C23H23N5O2/c29-22-19(15-5-1-3-7-17(15)26-22)21-20(16-6-2-4-8-18(16)25-21)27-30-10-9-28-13-23(14-28)11-24-12-23/h1-8,24,26,29H,9-14H2/b27-20+. The highest BCUT2D eigenvalue weighted by molar-refractivity contribution is 6.58. The fourth-order valence-corrected chi connectivity index (χ4v) is 4.75. The quantitative estimate of drug-likeness (QED) is 0.453. The molecule has 0 atom stereocenters. The molecule has 2 aromatic carbocycles. The Morgan fingerprint density at radius 2 is 1.90 bits per heavy atom. The van der Waals surface area contributed by atoms with E-state index in [-0.39, 0.29) is 5.88 Å². The Labute approximate surface area is 174 Å². The van der Waals surface area contributed by atoms with Crippen molar-refractivity contribution >= 4 is 28.0 Å². The van der Waals surface area contributed by atoms with E-state index in [1.807, 2.05) is 48.5 Å². The van der Waals surface area contributed by atoms with Gasteiger partial charge in [0.2, 0.25) is 0 Å². The number of hydrogen-bond donors (Lipinski definition) is 3. The lowest BCUT2D eigenvalue weighted by Gasteiger charge is -2.56. The number of aromatic nitrogens is 1. The van der Waals surface area contributed by atoms with Crippen LogP contribution in [0.3, 0.4) is 0 Å². The van der Waals surface area contributed by atoms with Crippen LogP contribution < -0.4 is 5.32 Å². The number of fused-ring (bicyclic) bond motifs is 2. The van der Waals surface area contributed by atoms with E-state index in [9.17, 15) is 5.11 Å². The third-order valence-corrected chi connectivity index (χ3v) is 6.31. The van der Waals surface area contributed by atoms with Crippen molar-refractivity contribution in [2.45, 2.75) is 0 Å². The van der Waals surface area contributed by atoms with Gasteiger partial charge in [-0.05, 0) is 12.1 Å². The Kier molecular flexibility index (Phi) is 3.94. The van der Waals surface area contributed by atoms with E-state index in [4.69, 9.17) is 9.83 Å². The molecule has 0 aliphatic carbocycles. The number of nitrogens with zero attached hydrogens (tertiary/aromatic N) is 3. The smallest absolute Gasteiger partial charge is 0.199 e. The minimum atomic E-state index is 0.0930. The number of aromatic hydroxyl groups is 1. The molecule has 7 nitrogen and oxygen atoms in total. The summed E-state index contributed by atoms with van der Waals surface area (Å²) in [4.78, 5) is 16.0. The number of H-pyrrole nitrogens is 1. The first-order valence-corrected chi connectivity index (χ1v) is 10.3. The second kappa shape index (κ2) is 6.68. The monoisotopic (exact) mass is 401 g/mol. The molecule has 3 aliphatic rings. The molecule has 0 bridgehead atoms. The Bertz CT molecular complexity index is 1180. The summed E-state index contributed by atoms with van der Waals surface area (Å²) in [5.74, 6) is 0.0930. The minimum Gasteiger partial charge on any atom is -0.494 e. The van der Waals surface area contributed by atoms with E-state index in [0.717, 1.165) is 54.9 Å². The first-order valence-electron chi connectivity index (χ1n) is 10.3. The zero-order chi connectivity index (χ0) is 20.1. The van der Waals surface area contributed by atoms with Crippen molar-refractivity contribution in [3.05, 3.63) is 59.7 Å². The summed E-state index contributed by atoms with van der Waals surface area (Å²) in [5.41, 5.74) is 5.08. The van der Waals surface area contributed by atoms with E-state index < -0.39 is 0 Å². The predicted octanol–water partition coefficient (Wildman–Crippen LogP) is 2.63. The van der Waals surface area contributed by atoms with E-state index in [1.165, 1.54) is 0 Å². The maximum atomic E-state index is 10.6. The van der Waals surface area contributed by atoms with Gasteiger partial charge in [-0.1, -0.05) is 41.6 Å². The van der Waals surface area contributed by atoms with Crippen LogP contribution >= 0.6 is 0 Å². The van der Waals surface area contributed by atoms with Crippen LogP contribution in [-0.4, -0.2) is 65.7 Å². The highest BCUT2D eigenvalue weighted by atomic mass is 16.6. The molecule has 2 saturated heterocycles. The lowest BCUT2D eigenvalue weighted by atomic mass is 9.74. The van der Waals surface area contributed by atoms with Crippen LogP contribution in [0.2, 0.25) is 0 Å². The molecule has 0 saturated carbocycles. The highest BCUT2D eigenvalue weighted by Crippen LogP contribution is 2.36. The topological polar surface area (TPSA) is 85.2 Å². The minimum absolute atomic E-state index is 0.0930. The number of hydrogen-bond acceptors (Lipinski definition) is 6. The van der Waals surface area contributed by atoms with Crippen LogP contribution in [-0.2, 0) is 4.84 Å². The second-order valence-corrected chi connectivity index (χ2v) is 8.46. The number of para-hydroxylation sites is 2. The van der Waals surface area contributed by atoms with Crippen LogP contribution in [0, 0.1) is 5.41 Å². The van der Waals surface area contributed by atoms with Crippen LogP contribution in [0.1, 0.15) is 11.1 Å². The molecule has 0 unspecified atom stereocenters. The van der Waals surface area contributed by atoms with E-state index in [1.54, 1.807) is 0 Å². The van der Waals surface area contributed by atoms with Crippen molar-refractivity contribution in [3.63, 3.8) is 0 Å². The number of oxime groups is 1. The molecule has 0 amide bonds. The predicted molar refractivity (Wildman–Crippen MR) is 117 cm³/mol. The average Bonchev–Trinajstić information content (AvgIpc) is 3.21. The third kappa shape index (κ3) is 2.74. The van der Waals surface area contributed by atoms with Gasteiger partial charge in [0.05, 0.1) is 11.3 Å². The zero-order valence-corrected chi connectivity index (χ0v) is 16.6. The maximum absolute atomic E-state index is 10.6. The number of rotatable bonds is 5. The zero-order valence-electron chi connectivity index (χ0n) is 16.6. The van der Waals surface area contributed by atoms with Crippen LogP contribution in [0.4, 0.5) is 5.69 Å². The fraction of sp³-hybridized carbons (Fsp3) is 0.304. The van der Waals surface area contributed by atoms with Gasteiger partial charge in [-0.15, -0.1) is 0 Å². The van der Waals surface area contributed by atoms with Crippen molar-refractivity contribution < 1.29 is 9.94 Å². The molecule has 2 fully saturated rings. The van der Waals surface area contributed by atoms with Gasteiger partial charge in [-0.3, -0.25) is 4.90 Å². The summed E-state index contributed by atoms with van der Waals surface area (Å²) in [6, 6.07) is 15.7. The molecule has 7 heteroatoms. The normalized spacial score (nSPS) is 20.8. The Morgan fingerprint density at radius 1 is 1.10 bits per heavy atom. The first kappa shape index (κ1) is 17.7. The molecule has 3 aromatic rings. The molecular weight excluding hydrogens is 378 g/mol. The third-order valence-electron chi connectivity index (χ3n) is 6.31. The lowest BCUT2D eigenvalue weighted by molar-refractivity contribution is -0.0512. The van der Waals surface area contributed by atoms with Crippen molar-refractivity contribution in [1.82, 2.24) is 15.2 Å². The van der Waals surface area contributed by atoms with Gasteiger partial charge < -0.3 is 20.2 Å². The van der Waals surface area contributed by atoms with Crippen LogP contribution in [0.15, 0.2) is 58.7 Å². The van der Waals surface area contributed by atoms with Gasteiger partial charge in [0.1, 0.15) is 18.0 Å². The first-order chi connectivity index (χ1) is 14.7. The summed E-state index contributed by atoms with van der Waals surface area (Å²) in [6.45, 7) is 5.94. The largest absolute Gasteiger partial charge is 0.494 e. The van der Waals surface area contributed by atoms with Gasteiger partial charge in [0, 0.05) is 54.6 Å². The molecule has 30 heavy (non-hydrogen) atoms. The molecule has 1 aromatic heterocycles. The summed E-state index contributed by atoms with van der Waals surface area (Å²) < 4.78 is 0. The molecular formula is C23H23N5O2. The van der Waals surface area contributed by atoms with Crippen molar-refractivity contribution in [2.75, 3.05) is 39.3 Å². The van der Waals surface area contributed by atoms with E-state index in [2.05, 4.69) is 20.4 Å². The summed E-state index contributed by atoms with van der Waals surface area (Å²) in [7, 11) is 0. The highest BCUT2D eigenvalue weighted by Gasteiger charge is 2.47. The Balaban J connectivity index is 1.26. The van der Waals surface area contributed by atoms with Crippen molar-refractivity contribution in [3.8, 4) is 5.88 Å². The van der Waals surface area contributed by atoms with Crippen molar-refractivity contribution in [1.29, 1.82) is 0 Å². The molecule has 152 valence electrons. The Morgan fingerprint density at radius 3 is 2.73 bits per heavy atom. The molecule has 3 aliphatic heterocycles. The van der Waals surface area contributed by atoms with Crippen LogP contribution in [0.5, 0.6) is 5.88 Å². The number of benzene rings is 2. The molecule has 4 heterocycles. The van der Waals surface area contributed by atoms with Gasteiger partial charge in [-0.25, -0.2) is 4.99 Å². The van der Waals surface area contributed by atoms with E-state index in [0.29, 0.717) is 29.0 Å². The molecule has 0 radical (unpaired) electrons. The molecule has 3 N–H and O–H groups in total. The van der Waals surface area contributed by atoms with Gasteiger partial charge in [0.25, 0.3) is 0 Å². The number of aliphatic imine (C=N–C) groups is 1. The number of likely N-dealkylation sites (tertiary alicyclic amines) is 1. The second-order valence-electron chi connectivity index (χ2n) is 8.46. The Hall–Kier alpha value is -3.16. The molecule has 6 rings (SSSR count). The average molecular weight is 401 g/mol. The number of aromatic amines is 1. The SMILES string of the molecule is Oc1[nH]c2ccccc2c1C1=Nc2ccccc2/C1=N\OCCN1CC2(CNC2)C1. The van der Waals surface area contributed by atoms with Gasteiger partial charge in [-0.2, -0.15) is 0 Å². The maximum Gasteiger partial charge on any atom is 0.199 e. The van der Waals surface area contributed by atoms with Gasteiger partial charge in [0.15, 0.2) is 5.88 Å². The summed E-state index contributed by atoms with van der Waals surface area (Å²) >= 11 is 0. The van der Waals surface area contributed by atoms with E-state index >= 15 is 0 Å². The summed E-state index contributed by atoms with van der Waals surface area (Å²) in [6.07, 6.45) is 0. The molecule has 1 spiro atoms. The summed E-state index contributed by atoms with van der Waals surface area (Å²) in [5, 5.41) is 19.4. The lowest BCUT2D eigenvalue weighted by Crippen LogP contribution is -2.71.